The second-order valence-electron chi connectivity index (χ2n) is 0.513. The van der Waals surface area contributed by atoms with Gasteiger partial charge in [-0.3, -0.25) is 0 Å². The molecule has 0 aliphatic heterocycles. The van der Waals surface area contributed by atoms with Crippen molar-refractivity contribution >= 4 is 45.6 Å². The predicted octanol–water partition coefficient (Wildman–Crippen LogP) is -1.85. The third-order valence-electron chi connectivity index (χ3n) is 0. The van der Waals surface area contributed by atoms with E-state index in [1.165, 1.54) is 0 Å². The van der Waals surface area contributed by atoms with E-state index in [1.807, 2.05) is 0 Å². The monoisotopic (exact) mass is 196 g/mol. The van der Waals surface area contributed by atoms with Crippen LogP contribution in [-0.2, 0) is 21.6 Å². The van der Waals surface area contributed by atoms with Crippen molar-refractivity contribution in [3.05, 3.63) is 0 Å². The van der Waals surface area contributed by atoms with Crippen LogP contribution >= 0.6 is 7.82 Å². The predicted molar refractivity (Wildman–Crippen MR) is 22.8 cm³/mol. The van der Waals surface area contributed by atoms with Gasteiger partial charge >= 0.3 is 45.6 Å². The fourth-order valence-electron chi connectivity index (χ4n) is 0. The molecule has 0 unspecified atom stereocenters. The SMILES string of the molecule is O=P(O)(O)O.[CaH2].[Fe]. The van der Waals surface area contributed by atoms with Gasteiger partial charge in [-0.1, -0.05) is 0 Å². The fourth-order valence-corrected chi connectivity index (χ4v) is 0. The molecule has 0 aliphatic carbocycles. The third kappa shape index (κ3) is 76.7. The van der Waals surface area contributed by atoms with Gasteiger partial charge in [0.05, 0.1) is 0 Å². The summed E-state index contributed by atoms with van der Waals surface area (Å²) >= 11 is 0. The van der Waals surface area contributed by atoms with E-state index in [9.17, 15) is 0 Å². The molecule has 0 aromatic heterocycles. The Hall–Kier alpha value is 1.89. The van der Waals surface area contributed by atoms with Gasteiger partial charge < -0.3 is 14.7 Å². The first kappa shape index (κ1) is 16.0. The summed E-state index contributed by atoms with van der Waals surface area (Å²) in [5, 5.41) is 0. The first-order chi connectivity index (χ1) is 2.00. The molecule has 0 fully saturated rings. The van der Waals surface area contributed by atoms with Crippen LogP contribution in [0.25, 0.3) is 0 Å². The van der Waals surface area contributed by atoms with Crippen molar-refractivity contribution in [2.24, 2.45) is 0 Å². The Balaban J connectivity index is -0.0000000800. The molecule has 0 aromatic rings. The van der Waals surface area contributed by atoms with E-state index in [0.717, 1.165) is 0 Å². The summed E-state index contributed by atoms with van der Waals surface area (Å²) in [6, 6.07) is 0. The quantitative estimate of drug-likeness (QED) is 0.314. The van der Waals surface area contributed by atoms with Gasteiger partial charge in [-0.05, 0) is 0 Å². The molecule has 0 radical (unpaired) electrons. The fraction of sp³-hybridized carbons (Fsp3) is 0. The molecule has 0 rings (SSSR count). The van der Waals surface area contributed by atoms with Crippen molar-refractivity contribution in [1.29, 1.82) is 0 Å². The molecule has 7 heavy (non-hydrogen) atoms. The first-order valence-electron chi connectivity index (χ1n) is 0.783. The molecule has 0 heterocycles. The molecule has 0 spiro atoms. The van der Waals surface area contributed by atoms with Crippen molar-refractivity contribution in [2.45, 2.75) is 0 Å². The summed E-state index contributed by atoms with van der Waals surface area (Å²) in [6.07, 6.45) is 0. The van der Waals surface area contributed by atoms with Gasteiger partial charge in [0.25, 0.3) is 0 Å². The summed E-state index contributed by atoms with van der Waals surface area (Å²) in [4.78, 5) is 21.6. The molecule has 0 atom stereocenters. The minimum Gasteiger partial charge on any atom is 0 e. The average molecular weight is 196 g/mol. The standard InChI is InChI=1S/Ca.Fe.H3O4P.2H/c;;1-5(2,3)4;;/h;;(H3,1,2,3,4);;. The zero-order chi connectivity index (χ0) is 4.50. The first-order valence-corrected chi connectivity index (χ1v) is 2.35. The van der Waals surface area contributed by atoms with Crippen LogP contribution in [0.15, 0.2) is 0 Å². The summed E-state index contributed by atoms with van der Waals surface area (Å²) in [6.45, 7) is 0. The molecule has 0 aromatic carbocycles. The summed E-state index contributed by atoms with van der Waals surface area (Å²) in [5.74, 6) is 0. The Morgan fingerprint density at radius 3 is 1.14 bits per heavy atom. The van der Waals surface area contributed by atoms with E-state index in [-0.39, 0.29) is 54.8 Å². The molecule has 0 saturated carbocycles. The van der Waals surface area contributed by atoms with Crippen molar-refractivity contribution < 1.29 is 36.3 Å². The molecular formula is H5CaFeO4P. The second kappa shape index (κ2) is 6.02. The Labute approximate surface area is 81.0 Å². The Morgan fingerprint density at radius 2 is 1.14 bits per heavy atom. The summed E-state index contributed by atoms with van der Waals surface area (Å²) in [5.41, 5.74) is 0. The van der Waals surface area contributed by atoms with Crippen molar-refractivity contribution in [3.8, 4) is 0 Å². The van der Waals surface area contributed by atoms with Gasteiger partial charge in [-0.15, -0.1) is 0 Å². The van der Waals surface area contributed by atoms with Crippen LogP contribution in [0.3, 0.4) is 0 Å². The van der Waals surface area contributed by atoms with E-state index in [4.69, 9.17) is 19.2 Å². The molecular weight excluding hydrogens is 191 g/mol. The zero-order valence-electron chi connectivity index (χ0n) is 2.55. The van der Waals surface area contributed by atoms with E-state index in [1.54, 1.807) is 0 Å². The minimum absolute atomic E-state index is 0. The topological polar surface area (TPSA) is 77.8 Å². The van der Waals surface area contributed by atoms with Crippen molar-refractivity contribution in [2.75, 3.05) is 0 Å². The van der Waals surface area contributed by atoms with Crippen LogP contribution in [0.4, 0.5) is 0 Å². The maximum Gasteiger partial charge on any atom is 0 e. The largest absolute Gasteiger partial charge is 0 e. The van der Waals surface area contributed by atoms with Crippen molar-refractivity contribution in [3.63, 3.8) is 0 Å². The van der Waals surface area contributed by atoms with Gasteiger partial charge in [0, 0.05) is 17.1 Å². The second-order valence-corrected chi connectivity index (χ2v) is 1.54. The van der Waals surface area contributed by atoms with E-state index < -0.39 is 7.82 Å². The Bertz CT molecular complexity index is 57.8. The molecule has 7 heteroatoms. The number of hydrogen-bond acceptors (Lipinski definition) is 1. The molecule has 3 N–H and O–H groups in total. The molecule has 0 aliphatic rings. The van der Waals surface area contributed by atoms with Gasteiger partial charge in [0.15, 0.2) is 0 Å². The van der Waals surface area contributed by atoms with E-state index >= 15 is 0 Å². The molecule has 0 saturated heterocycles. The smallest absolute Gasteiger partial charge is 0 e. The molecule has 0 amide bonds. The minimum atomic E-state index is -4.64. The van der Waals surface area contributed by atoms with Crippen LogP contribution in [0.1, 0.15) is 0 Å². The Morgan fingerprint density at radius 1 is 1.14 bits per heavy atom. The van der Waals surface area contributed by atoms with Gasteiger partial charge in [-0.25, -0.2) is 4.57 Å². The normalized spacial score (nSPS) is 8.43. The zero-order valence-corrected chi connectivity index (χ0v) is 4.55. The van der Waals surface area contributed by atoms with Crippen LogP contribution in [0.2, 0.25) is 0 Å². The van der Waals surface area contributed by atoms with Crippen LogP contribution < -0.4 is 0 Å². The summed E-state index contributed by atoms with van der Waals surface area (Å²) in [7, 11) is -4.64. The van der Waals surface area contributed by atoms with Gasteiger partial charge in [0.2, 0.25) is 0 Å². The number of rotatable bonds is 0. The maximum atomic E-state index is 8.88. The number of hydrogen-bond donors (Lipinski definition) is 3. The molecule has 0 bridgehead atoms. The van der Waals surface area contributed by atoms with Crippen molar-refractivity contribution in [1.82, 2.24) is 0 Å². The third-order valence-corrected chi connectivity index (χ3v) is 0. The van der Waals surface area contributed by atoms with Crippen LogP contribution in [-0.4, -0.2) is 52.4 Å². The van der Waals surface area contributed by atoms with E-state index in [2.05, 4.69) is 0 Å². The average Bonchev–Trinajstić information content (AvgIpc) is 0.722. The Kier molecular flexibility index (Phi) is 13.7. The number of phosphoric acid groups is 1. The molecule has 4 nitrogen and oxygen atoms in total. The maximum absolute atomic E-state index is 8.88. The van der Waals surface area contributed by atoms with Gasteiger partial charge in [-0.2, -0.15) is 0 Å². The van der Waals surface area contributed by atoms with Crippen LogP contribution in [0, 0.1) is 0 Å². The molecule has 44 valence electrons. The van der Waals surface area contributed by atoms with Gasteiger partial charge in [0.1, 0.15) is 0 Å². The summed E-state index contributed by atoms with van der Waals surface area (Å²) < 4.78 is 8.88. The van der Waals surface area contributed by atoms with Crippen LogP contribution in [0.5, 0.6) is 0 Å². The van der Waals surface area contributed by atoms with E-state index in [0.29, 0.717) is 0 Å².